The van der Waals surface area contributed by atoms with Gasteiger partial charge in [-0.15, -0.1) is 10.2 Å². The summed E-state index contributed by atoms with van der Waals surface area (Å²) in [6.45, 7) is 0.0455. The number of carbonyl (C=O) groups excluding carboxylic acids is 2. The van der Waals surface area contributed by atoms with Crippen molar-refractivity contribution in [3.05, 3.63) is 40.1 Å². The zero-order chi connectivity index (χ0) is 19.1. The van der Waals surface area contributed by atoms with Crippen LogP contribution < -0.4 is 10.6 Å². The maximum atomic E-state index is 13.2. The Morgan fingerprint density at radius 2 is 2.04 bits per heavy atom. The van der Waals surface area contributed by atoms with Crippen molar-refractivity contribution in [1.29, 1.82) is 0 Å². The van der Waals surface area contributed by atoms with E-state index in [0.717, 1.165) is 37.0 Å². The molecule has 0 spiro atoms. The lowest BCUT2D eigenvalue weighted by molar-refractivity contribution is -0.127. The molecule has 1 aromatic carbocycles. The summed E-state index contributed by atoms with van der Waals surface area (Å²) in [5.41, 5.74) is 0.340. The normalized spacial score (nSPS) is 14.7. The van der Waals surface area contributed by atoms with Gasteiger partial charge in [0.1, 0.15) is 24.0 Å². The summed E-state index contributed by atoms with van der Waals surface area (Å²) in [6, 6.07) is 5.84. The van der Waals surface area contributed by atoms with Crippen LogP contribution in [0.1, 0.15) is 46.9 Å². The standard InChI is InChI=1S/C18H21FN4O3S/c19-12-5-4-8-14(9-12)21-17(25)18-23-22-16(27-18)11-26-10-15(24)20-13-6-2-1-3-7-13/h4-5,8-9,13H,1-3,6-7,10-11H2,(H,20,24)(H,21,25). The Balaban J connectivity index is 1.42. The highest BCUT2D eigenvalue weighted by Gasteiger charge is 2.16. The molecule has 3 rings (SSSR count). The molecule has 0 saturated heterocycles. The number of hydrogen-bond donors (Lipinski definition) is 2. The molecule has 144 valence electrons. The minimum absolute atomic E-state index is 0.0547. The molecule has 2 N–H and O–H groups in total. The topological polar surface area (TPSA) is 93.2 Å². The number of nitrogens with one attached hydrogen (secondary N) is 2. The number of benzene rings is 1. The maximum absolute atomic E-state index is 13.2. The first-order valence-corrected chi connectivity index (χ1v) is 9.68. The summed E-state index contributed by atoms with van der Waals surface area (Å²) in [7, 11) is 0. The number of anilines is 1. The molecule has 9 heteroatoms. The molecule has 1 saturated carbocycles. The van der Waals surface area contributed by atoms with E-state index in [2.05, 4.69) is 20.8 Å². The zero-order valence-electron chi connectivity index (χ0n) is 14.7. The van der Waals surface area contributed by atoms with Gasteiger partial charge in [0.25, 0.3) is 5.91 Å². The molecule has 0 atom stereocenters. The van der Waals surface area contributed by atoms with Gasteiger partial charge >= 0.3 is 0 Å². The van der Waals surface area contributed by atoms with E-state index in [1.54, 1.807) is 6.07 Å². The van der Waals surface area contributed by atoms with Gasteiger partial charge in [0.05, 0.1) is 0 Å². The molecule has 1 aliphatic carbocycles. The van der Waals surface area contributed by atoms with Crippen LogP contribution in [0, 0.1) is 5.82 Å². The van der Waals surface area contributed by atoms with Crippen molar-refractivity contribution in [2.45, 2.75) is 44.8 Å². The zero-order valence-corrected chi connectivity index (χ0v) is 15.6. The van der Waals surface area contributed by atoms with E-state index in [1.807, 2.05) is 0 Å². The SMILES string of the molecule is O=C(COCc1nnc(C(=O)Nc2cccc(F)c2)s1)NC1CCCCC1. The molecular weight excluding hydrogens is 371 g/mol. The van der Waals surface area contributed by atoms with E-state index in [0.29, 0.717) is 10.7 Å². The highest BCUT2D eigenvalue weighted by Crippen LogP contribution is 2.17. The summed E-state index contributed by atoms with van der Waals surface area (Å²) >= 11 is 1.07. The van der Waals surface area contributed by atoms with Crippen LogP contribution in [-0.4, -0.2) is 34.7 Å². The van der Waals surface area contributed by atoms with Crippen LogP contribution in [0.2, 0.25) is 0 Å². The maximum Gasteiger partial charge on any atom is 0.286 e. The lowest BCUT2D eigenvalue weighted by Gasteiger charge is -2.22. The molecule has 2 aromatic rings. The van der Waals surface area contributed by atoms with Gasteiger partial charge in [-0.2, -0.15) is 0 Å². The van der Waals surface area contributed by atoms with Crippen LogP contribution in [0.4, 0.5) is 10.1 Å². The summed E-state index contributed by atoms with van der Waals surface area (Å²) in [5, 5.41) is 13.9. The van der Waals surface area contributed by atoms with Crippen molar-refractivity contribution in [2.75, 3.05) is 11.9 Å². The summed E-state index contributed by atoms with van der Waals surface area (Å²) in [5.74, 6) is -1.06. The molecular formula is C18H21FN4O3S. The molecule has 0 bridgehead atoms. The van der Waals surface area contributed by atoms with Gasteiger partial charge < -0.3 is 15.4 Å². The Morgan fingerprint density at radius 3 is 2.81 bits per heavy atom. The third-order valence-corrected chi connectivity index (χ3v) is 5.07. The van der Waals surface area contributed by atoms with Crippen LogP contribution in [-0.2, 0) is 16.1 Å². The first-order chi connectivity index (χ1) is 13.1. The van der Waals surface area contributed by atoms with E-state index < -0.39 is 11.7 Å². The minimum Gasteiger partial charge on any atom is -0.364 e. The first-order valence-electron chi connectivity index (χ1n) is 8.86. The third-order valence-electron chi connectivity index (χ3n) is 4.17. The van der Waals surface area contributed by atoms with Crippen molar-refractivity contribution in [3.63, 3.8) is 0 Å². The van der Waals surface area contributed by atoms with Gasteiger partial charge in [-0.05, 0) is 31.0 Å². The minimum atomic E-state index is -0.473. The number of nitrogens with zero attached hydrogens (tertiary/aromatic N) is 2. The molecule has 1 aromatic heterocycles. The van der Waals surface area contributed by atoms with Gasteiger partial charge in [-0.25, -0.2) is 4.39 Å². The number of ether oxygens (including phenoxy) is 1. The van der Waals surface area contributed by atoms with Gasteiger partial charge in [0.15, 0.2) is 0 Å². The number of aromatic nitrogens is 2. The highest BCUT2D eigenvalue weighted by molar-refractivity contribution is 7.13. The van der Waals surface area contributed by atoms with Crippen LogP contribution in [0.25, 0.3) is 0 Å². The summed E-state index contributed by atoms with van der Waals surface area (Å²) in [4.78, 5) is 24.0. The quantitative estimate of drug-likeness (QED) is 0.756. The van der Waals surface area contributed by atoms with Gasteiger partial charge in [-0.3, -0.25) is 9.59 Å². The Morgan fingerprint density at radius 1 is 1.22 bits per heavy atom. The van der Waals surface area contributed by atoms with E-state index in [1.165, 1.54) is 24.6 Å². The van der Waals surface area contributed by atoms with Gasteiger partial charge in [0, 0.05) is 11.7 Å². The molecule has 7 nitrogen and oxygen atoms in total. The molecule has 0 radical (unpaired) electrons. The molecule has 27 heavy (non-hydrogen) atoms. The second kappa shape index (κ2) is 9.52. The highest BCUT2D eigenvalue weighted by atomic mass is 32.1. The molecule has 2 amide bonds. The van der Waals surface area contributed by atoms with E-state index >= 15 is 0 Å². The lowest BCUT2D eigenvalue weighted by atomic mass is 9.95. The average molecular weight is 392 g/mol. The fraction of sp³-hybridized carbons (Fsp3) is 0.444. The molecule has 1 heterocycles. The van der Waals surface area contributed by atoms with Crippen molar-refractivity contribution >= 4 is 28.8 Å². The van der Waals surface area contributed by atoms with E-state index in [-0.39, 0.29) is 30.2 Å². The molecule has 1 fully saturated rings. The van der Waals surface area contributed by atoms with Crippen LogP contribution in [0.5, 0.6) is 0 Å². The number of carbonyl (C=O) groups is 2. The predicted molar refractivity (Wildman–Crippen MR) is 98.9 cm³/mol. The summed E-state index contributed by atoms with van der Waals surface area (Å²) < 4.78 is 18.5. The second-order valence-corrected chi connectivity index (χ2v) is 7.42. The Hall–Kier alpha value is -2.39. The number of hydrogen-bond acceptors (Lipinski definition) is 6. The lowest BCUT2D eigenvalue weighted by Crippen LogP contribution is -2.38. The monoisotopic (exact) mass is 392 g/mol. The largest absolute Gasteiger partial charge is 0.364 e. The smallest absolute Gasteiger partial charge is 0.286 e. The van der Waals surface area contributed by atoms with Crippen molar-refractivity contribution in [1.82, 2.24) is 15.5 Å². The molecule has 1 aliphatic rings. The van der Waals surface area contributed by atoms with Crippen molar-refractivity contribution in [2.24, 2.45) is 0 Å². The van der Waals surface area contributed by atoms with Crippen LogP contribution >= 0.6 is 11.3 Å². The predicted octanol–water partition coefficient (Wildman–Crippen LogP) is 2.90. The fourth-order valence-corrected chi connectivity index (χ4v) is 3.57. The first kappa shape index (κ1) is 19.4. The van der Waals surface area contributed by atoms with E-state index in [4.69, 9.17) is 4.74 Å². The third kappa shape index (κ3) is 6.07. The molecule has 0 aliphatic heterocycles. The fourth-order valence-electron chi connectivity index (χ4n) is 2.90. The van der Waals surface area contributed by atoms with Gasteiger partial charge in [-0.1, -0.05) is 36.7 Å². The van der Waals surface area contributed by atoms with Crippen LogP contribution in [0.15, 0.2) is 24.3 Å². The Labute approximate surface area is 160 Å². The van der Waals surface area contributed by atoms with Crippen LogP contribution in [0.3, 0.4) is 0 Å². The van der Waals surface area contributed by atoms with Crippen molar-refractivity contribution in [3.8, 4) is 0 Å². The van der Waals surface area contributed by atoms with Crippen molar-refractivity contribution < 1.29 is 18.7 Å². The average Bonchev–Trinajstić information content (AvgIpc) is 3.12. The number of rotatable bonds is 7. The second-order valence-electron chi connectivity index (χ2n) is 6.36. The summed E-state index contributed by atoms with van der Waals surface area (Å²) in [6.07, 6.45) is 5.57. The Bertz CT molecular complexity index is 792. The van der Waals surface area contributed by atoms with Gasteiger partial charge in [0.2, 0.25) is 10.9 Å². The Kier molecular flexibility index (Phi) is 6.83. The molecule has 0 unspecified atom stereocenters. The number of amides is 2. The van der Waals surface area contributed by atoms with E-state index in [9.17, 15) is 14.0 Å². The number of halogens is 1.